The molecular weight excluding hydrogens is 254 g/mol. The lowest BCUT2D eigenvalue weighted by atomic mass is 9.90. The molecule has 0 aliphatic rings. The topological polar surface area (TPSA) is 61.5 Å². The predicted molar refractivity (Wildman–Crippen MR) is 80.5 cm³/mol. The zero-order chi connectivity index (χ0) is 15.1. The molecule has 1 rings (SSSR count). The molecule has 0 heterocycles. The Hall–Kier alpha value is -1.55. The van der Waals surface area contributed by atoms with Gasteiger partial charge in [-0.3, -0.25) is 4.79 Å². The van der Waals surface area contributed by atoms with E-state index in [0.717, 1.165) is 6.42 Å². The Labute approximate surface area is 121 Å². The smallest absolute Gasteiger partial charge is 0.167 e. The summed E-state index contributed by atoms with van der Waals surface area (Å²) in [6, 6.07) is 5.26. The SMILES string of the molecule is COc1ccc(OC)c(C(=O)CC(CN)CC(C)C)c1. The summed E-state index contributed by atoms with van der Waals surface area (Å²) in [5.74, 6) is 2.03. The van der Waals surface area contributed by atoms with Crippen LogP contribution in [-0.2, 0) is 0 Å². The maximum atomic E-state index is 12.5. The van der Waals surface area contributed by atoms with Gasteiger partial charge in [0.05, 0.1) is 19.8 Å². The second-order valence-corrected chi connectivity index (χ2v) is 5.42. The van der Waals surface area contributed by atoms with Crippen LogP contribution >= 0.6 is 0 Å². The molecule has 20 heavy (non-hydrogen) atoms. The number of benzene rings is 1. The second-order valence-electron chi connectivity index (χ2n) is 5.42. The summed E-state index contributed by atoms with van der Waals surface area (Å²) < 4.78 is 10.4. The summed E-state index contributed by atoms with van der Waals surface area (Å²) >= 11 is 0. The van der Waals surface area contributed by atoms with E-state index in [2.05, 4.69) is 13.8 Å². The number of nitrogens with two attached hydrogens (primary N) is 1. The third-order valence-electron chi connectivity index (χ3n) is 3.32. The van der Waals surface area contributed by atoms with E-state index in [1.165, 1.54) is 0 Å². The van der Waals surface area contributed by atoms with Gasteiger partial charge in [-0.2, -0.15) is 0 Å². The Bertz CT molecular complexity index is 443. The molecule has 1 atom stereocenters. The van der Waals surface area contributed by atoms with Gasteiger partial charge in [0.1, 0.15) is 11.5 Å². The molecule has 0 fully saturated rings. The number of carbonyl (C=O) groups is 1. The van der Waals surface area contributed by atoms with E-state index in [-0.39, 0.29) is 11.7 Å². The highest BCUT2D eigenvalue weighted by Gasteiger charge is 2.19. The molecule has 1 aromatic carbocycles. The zero-order valence-electron chi connectivity index (χ0n) is 12.8. The van der Waals surface area contributed by atoms with Crippen molar-refractivity contribution in [3.8, 4) is 11.5 Å². The van der Waals surface area contributed by atoms with E-state index in [4.69, 9.17) is 15.2 Å². The molecule has 0 bridgehead atoms. The fourth-order valence-electron chi connectivity index (χ4n) is 2.33. The Morgan fingerprint density at radius 1 is 1.25 bits per heavy atom. The molecular formula is C16H25NO3. The summed E-state index contributed by atoms with van der Waals surface area (Å²) in [5, 5.41) is 0. The number of hydrogen-bond acceptors (Lipinski definition) is 4. The maximum absolute atomic E-state index is 12.5. The summed E-state index contributed by atoms with van der Waals surface area (Å²) in [6.45, 7) is 4.80. The number of hydrogen-bond donors (Lipinski definition) is 1. The van der Waals surface area contributed by atoms with E-state index in [1.807, 2.05) is 0 Å². The summed E-state index contributed by atoms with van der Waals surface area (Å²) in [4.78, 5) is 12.5. The van der Waals surface area contributed by atoms with Crippen LogP contribution < -0.4 is 15.2 Å². The monoisotopic (exact) mass is 279 g/mol. The summed E-state index contributed by atoms with van der Waals surface area (Å²) in [7, 11) is 3.14. The lowest BCUT2D eigenvalue weighted by Crippen LogP contribution is -2.20. The quantitative estimate of drug-likeness (QED) is 0.743. The van der Waals surface area contributed by atoms with Crippen LogP contribution in [0.25, 0.3) is 0 Å². The van der Waals surface area contributed by atoms with E-state index in [1.54, 1.807) is 32.4 Å². The van der Waals surface area contributed by atoms with Gasteiger partial charge in [0, 0.05) is 6.42 Å². The van der Waals surface area contributed by atoms with Crippen LogP contribution in [-0.4, -0.2) is 26.5 Å². The molecule has 1 aromatic rings. The Morgan fingerprint density at radius 3 is 2.45 bits per heavy atom. The number of Topliss-reactive ketones (excluding diaryl/α,β-unsaturated/α-hetero) is 1. The molecule has 0 aromatic heterocycles. The van der Waals surface area contributed by atoms with Crippen molar-refractivity contribution in [2.24, 2.45) is 17.6 Å². The minimum atomic E-state index is 0.0526. The average Bonchev–Trinajstić information content (AvgIpc) is 2.45. The van der Waals surface area contributed by atoms with Crippen LogP contribution in [0.4, 0.5) is 0 Å². The van der Waals surface area contributed by atoms with Gasteiger partial charge in [-0.1, -0.05) is 13.8 Å². The van der Waals surface area contributed by atoms with Crippen LogP contribution in [0.3, 0.4) is 0 Å². The van der Waals surface area contributed by atoms with Gasteiger partial charge in [-0.05, 0) is 43.0 Å². The highest BCUT2D eigenvalue weighted by atomic mass is 16.5. The number of rotatable bonds is 8. The number of ketones is 1. The molecule has 0 saturated heterocycles. The molecule has 0 aliphatic heterocycles. The van der Waals surface area contributed by atoms with E-state index >= 15 is 0 Å². The largest absolute Gasteiger partial charge is 0.497 e. The van der Waals surface area contributed by atoms with Crippen molar-refractivity contribution in [2.45, 2.75) is 26.7 Å². The minimum absolute atomic E-state index is 0.0526. The molecule has 0 spiro atoms. The maximum Gasteiger partial charge on any atom is 0.167 e. The fourth-order valence-corrected chi connectivity index (χ4v) is 2.33. The van der Waals surface area contributed by atoms with E-state index in [0.29, 0.717) is 35.9 Å². The van der Waals surface area contributed by atoms with E-state index < -0.39 is 0 Å². The second kappa shape index (κ2) is 7.90. The van der Waals surface area contributed by atoms with Crippen molar-refractivity contribution < 1.29 is 14.3 Å². The third kappa shape index (κ3) is 4.53. The first-order valence-corrected chi connectivity index (χ1v) is 6.97. The van der Waals surface area contributed by atoms with Crippen LogP contribution in [0.5, 0.6) is 11.5 Å². The normalized spacial score (nSPS) is 12.3. The van der Waals surface area contributed by atoms with Crippen molar-refractivity contribution in [1.82, 2.24) is 0 Å². The highest BCUT2D eigenvalue weighted by Crippen LogP contribution is 2.27. The lowest BCUT2D eigenvalue weighted by molar-refractivity contribution is 0.0954. The summed E-state index contributed by atoms with van der Waals surface area (Å²) in [5.41, 5.74) is 6.33. The van der Waals surface area contributed by atoms with Crippen LogP contribution in [0, 0.1) is 11.8 Å². The number of ether oxygens (including phenoxy) is 2. The molecule has 0 aliphatic carbocycles. The van der Waals surface area contributed by atoms with Gasteiger partial charge in [-0.15, -0.1) is 0 Å². The van der Waals surface area contributed by atoms with Crippen molar-refractivity contribution in [2.75, 3.05) is 20.8 Å². The molecule has 0 radical (unpaired) electrons. The first kappa shape index (κ1) is 16.5. The van der Waals surface area contributed by atoms with Crippen molar-refractivity contribution >= 4 is 5.78 Å². The van der Waals surface area contributed by atoms with Gasteiger partial charge >= 0.3 is 0 Å². The molecule has 112 valence electrons. The molecule has 0 saturated carbocycles. The zero-order valence-corrected chi connectivity index (χ0v) is 12.8. The first-order valence-electron chi connectivity index (χ1n) is 6.97. The minimum Gasteiger partial charge on any atom is -0.497 e. The Morgan fingerprint density at radius 2 is 1.95 bits per heavy atom. The van der Waals surface area contributed by atoms with Gasteiger partial charge < -0.3 is 15.2 Å². The van der Waals surface area contributed by atoms with Crippen LogP contribution in [0.2, 0.25) is 0 Å². The average molecular weight is 279 g/mol. The number of methoxy groups -OCH3 is 2. The molecule has 0 amide bonds. The van der Waals surface area contributed by atoms with E-state index in [9.17, 15) is 4.79 Å². The third-order valence-corrected chi connectivity index (χ3v) is 3.32. The highest BCUT2D eigenvalue weighted by molar-refractivity contribution is 5.99. The lowest BCUT2D eigenvalue weighted by Gasteiger charge is -2.17. The predicted octanol–water partition coefficient (Wildman–Crippen LogP) is 2.90. The molecule has 2 N–H and O–H groups in total. The Balaban J connectivity index is 2.89. The van der Waals surface area contributed by atoms with Crippen molar-refractivity contribution in [3.05, 3.63) is 23.8 Å². The summed E-state index contributed by atoms with van der Waals surface area (Å²) in [6.07, 6.45) is 1.40. The Kier molecular flexibility index (Phi) is 6.52. The van der Waals surface area contributed by atoms with Crippen molar-refractivity contribution in [3.63, 3.8) is 0 Å². The number of carbonyl (C=O) groups excluding carboxylic acids is 1. The molecule has 4 heteroatoms. The van der Waals surface area contributed by atoms with Gasteiger partial charge in [0.15, 0.2) is 5.78 Å². The fraction of sp³-hybridized carbons (Fsp3) is 0.562. The molecule has 4 nitrogen and oxygen atoms in total. The first-order chi connectivity index (χ1) is 9.51. The molecule has 1 unspecified atom stereocenters. The van der Waals surface area contributed by atoms with Crippen LogP contribution in [0.1, 0.15) is 37.0 Å². The standard InChI is InChI=1S/C16H25NO3/c1-11(2)7-12(10-17)8-15(18)14-9-13(19-3)5-6-16(14)20-4/h5-6,9,11-12H,7-8,10,17H2,1-4H3. The van der Waals surface area contributed by atoms with Gasteiger partial charge in [0.2, 0.25) is 0 Å². The van der Waals surface area contributed by atoms with Gasteiger partial charge in [-0.25, -0.2) is 0 Å². The van der Waals surface area contributed by atoms with Gasteiger partial charge in [0.25, 0.3) is 0 Å². The van der Waals surface area contributed by atoms with Crippen LogP contribution in [0.15, 0.2) is 18.2 Å². The van der Waals surface area contributed by atoms with Crippen molar-refractivity contribution in [1.29, 1.82) is 0 Å².